The van der Waals surface area contributed by atoms with Crippen molar-refractivity contribution in [1.82, 2.24) is 24.9 Å². The zero-order chi connectivity index (χ0) is 40.0. The Morgan fingerprint density at radius 3 is 1.42 bits per heavy atom. The maximum atomic E-state index is 15.7. The van der Waals surface area contributed by atoms with Crippen molar-refractivity contribution < 1.29 is 48.6 Å². The van der Waals surface area contributed by atoms with Crippen LogP contribution in [0.15, 0.2) is 66.9 Å². The summed E-state index contributed by atoms with van der Waals surface area (Å²) in [6.07, 6.45) is 4.02. The van der Waals surface area contributed by atoms with Crippen LogP contribution in [0.1, 0.15) is 11.4 Å². The van der Waals surface area contributed by atoms with Gasteiger partial charge in [-0.3, -0.25) is 4.98 Å². The Morgan fingerprint density at radius 2 is 0.877 bits per heavy atom. The zero-order valence-electron chi connectivity index (χ0n) is 28.6. The Bertz CT molecular complexity index is 3140. The summed E-state index contributed by atoms with van der Waals surface area (Å²) in [6, 6.07) is 14.8. The summed E-state index contributed by atoms with van der Waals surface area (Å²) in [5, 5.41) is 0.487. The first-order chi connectivity index (χ1) is 27.4. The number of aromatic amines is 3. The minimum Gasteiger partial charge on any atom is -0.494 e. The van der Waals surface area contributed by atoms with Crippen LogP contribution >= 0.6 is 0 Å². The second-order valence-corrected chi connectivity index (χ2v) is 12.8. The van der Waals surface area contributed by atoms with E-state index < -0.39 is 80.4 Å². The fourth-order valence-corrected chi connectivity index (χ4v) is 7.15. The number of halogens is 10. The Hall–Kier alpha value is -7.10. The Labute approximate surface area is 312 Å². The summed E-state index contributed by atoms with van der Waals surface area (Å²) in [7, 11) is 1.43. The predicted octanol–water partition coefficient (Wildman–Crippen LogP) is 11.6. The topological polar surface area (TPSA) is 82.4 Å². The monoisotopic (exact) mass is 787 g/mol. The number of methoxy groups -OCH3 is 1. The van der Waals surface area contributed by atoms with Crippen LogP contribution in [-0.2, 0) is 0 Å². The van der Waals surface area contributed by atoms with Gasteiger partial charge in [0.1, 0.15) is 11.3 Å². The maximum Gasteiger partial charge on any atom is 0.200 e. The van der Waals surface area contributed by atoms with E-state index in [1.165, 1.54) is 61.9 Å². The molecule has 0 saturated heterocycles. The van der Waals surface area contributed by atoms with Crippen molar-refractivity contribution in [3.8, 4) is 39.1 Å². The van der Waals surface area contributed by atoms with Crippen LogP contribution in [-0.4, -0.2) is 32.0 Å². The predicted molar refractivity (Wildman–Crippen MR) is 193 cm³/mol. The SMILES string of the molecule is COc1cccc2c(-c3c4ccc([nH]4)c(-c4c(F)c(F)c(F)c(F)c4F)c4nc(c5ccc([nH]5)c(-c5c(F)c(F)c(F)c(F)c5F)c5ccc3[nH]5)C=C4)ccnc12. The third kappa shape index (κ3) is 5.27. The molecule has 9 rings (SSSR count). The summed E-state index contributed by atoms with van der Waals surface area (Å²) in [5.74, 6) is -21.6. The molecule has 6 nitrogen and oxygen atoms in total. The summed E-state index contributed by atoms with van der Waals surface area (Å²) >= 11 is 0. The number of nitrogens with zero attached hydrogens (tertiary/aromatic N) is 2. The molecule has 8 aromatic rings. The fraction of sp³-hybridized carbons (Fsp3) is 0.0244. The number of pyridine rings is 1. The van der Waals surface area contributed by atoms with Crippen molar-refractivity contribution >= 4 is 56.2 Å². The number of rotatable bonds is 4. The van der Waals surface area contributed by atoms with E-state index in [-0.39, 0.29) is 50.1 Å². The molecule has 1 aliphatic rings. The molecular formula is C41H19F10N5O. The van der Waals surface area contributed by atoms with E-state index in [0.717, 1.165) is 0 Å². The van der Waals surface area contributed by atoms with Crippen molar-refractivity contribution in [2.75, 3.05) is 7.11 Å². The first kappa shape index (κ1) is 35.6. The second kappa shape index (κ2) is 13.0. The standard InChI is InChI=1S/C41H19F10N5O/c1-57-25-4-2-3-16-15(13-14-52-41(16)25)26-19-9-11-23(55-19)27(29-31(42)35(46)39(50)36(47)32(29)43)21-7-5-17(53-21)18-6-8-22(54-18)28(24-12-10-20(26)56-24)30-33(44)37(48)40(51)38(49)34(30)45/h2-14,53,55-56H,1H3. The van der Waals surface area contributed by atoms with Gasteiger partial charge in [0.2, 0.25) is 11.6 Å². The smallest absolute Gasteiger partial charge is 0.200 e. The molecule has 8 bridgehead atoms. The molecule has 16 heteroatoms. The highest BCUT2D eigenvalue weighted by molar-refractivity contribution is 6.07. The molecule has 57 heavy (non-hydrogen) atoms. The molecule has 5 aromatic heterocycles. The lowest BCUT2D eigenvalue weighted by Gasteiger charge is -2.11. The van der Waals surface area contributed by atoms with E-state index in [1.807, 2.05) is 0 Å². The molecule has 0 aliphatic carbocycles. The van der Waals surface area contributed by atoms with Crippen LogP contribution in [0.3, 0.4) is 0 Å². The average Bonchev–Trinajstić information content (AvgIpc) is 4.06. The molecule has 3 aromatic carbocycles. The van der Waals surface area contributed by atoms with Gasteiger partial charge in [0.15, 0.2) is 46.5 Å². The molecule has 0 spiro atoms. The second-order valence-electron chi connectivity index (χ2n) is 12.8. The lowest BCUT2D eigenvalue weighted by Crippen LogP contribution is -2.05. The van der Waals surface area contributed by atoms with Crippen molar-refractivity contribution in [2.24, 2.45) is 0 Å². The number of hydrogen-bond acceptors (Lipinski definition) is 3. The molecular weight excluding hydrogens is 768 g/mol. The van der Waals surface area contributed by atoms with Gasteiger partial charge >= 0.3 is 0 Å². The van der Waals surface area contributed by atoms with Gasteiger partial charge < -0.3 is 19.7 Å². The van der Waals surface area contributed by atoms with Gasteiger partial charge in [-0.2, -0.15) is 0 Å². The fourth-order valence-electron chi connectivity index (χ4n) is 7.15. The minimum atomic E-state index is -2.37. The summed E-state index contributed by atoms with van der Waals surface area (Å²) in [5.41, 5.74) is -2.79. The van der Waals surface area contributed by atoms with Gasteiger partial charge in [-0.15, -0.1) is 0 Å². The number of hydrogen-bond donors (Lipinski definition) is 3. The van der Waals surface area contributed by atoms with E-state index in [4.69, 9.17) is 4.74 Å². The van der Waals surface area contributed by atoms with Crippen LogP contribution < -0.4 is 4.74 Å². The average molecular weight is 788 g/mol. The van der Waals surface area contributed by atoms with Gasteiger partial charge in [-0.05, 0) is 66.2 Å². The summed E-state index contributed by atoms with van der Waals surface area (Å²) in [6.45, 7) is 0. The van der Waals surface area contributed by atoms with Crippen molar-refractivity contribution in [3.05, 3.63) is 136 Å². The zero-order valence-corrected chi connectivity index (χ0v) is 28.6. The van der Waals surface area contributed by atoms with Crippen molar-refractivity contribution in [2.45, 2.75) is 0 Å². The highest BCUT2D eigenvalue weighted by atomic mass is 19.2. The van der Waals surface area contributed by atoms with E-state index in [2.05, 4.69) is 24.9 Å². The first-order valence-corrected chi connectivity index (χ1v) is 16.7. The molecule has 0 fully saturated rings. The Kier molecular flexibility index (Phi) is 8.12. The molecule has 0 radical (unpaired) electrons. The highest BCUT2D eigenvalue weighted by Gasteiger charge is 2.31. The normalized spacial score (nSPS) is 12.1. The van der Waals surface area contributed by atoms with Gasteiger partial charge in [-0.1, -0.05) is 12.1 Å². The number of fused-ring (bicyclic) bond motifs is 10. The molecule has 0 saturated carbocycles. The molecule has 1 aliphatic heterocycles. The maximum absolute atomic E-state index is 15.7. The number of aromatic nitrogens is 5. The number of nitrogens with one attached hydrogen (secondary N) is 3. The third-order valence-corrected chi connectivity index (χ3v) is 9.72. The first-order valence-electron chi connectivity index (χ1n) is 16.7. The largest absolute Gasteiger partial charge is 0.494 e. The highest BCUT2D eigenvalue weighted by Crippen LogP contribution is 2.42. The van der Waals surface area contributed by atoms with Crippen molar-refractivity contribution in [3.63, 3.8) is 0 Å². The van der Waals surface area contributed by atoms with Gasteiger partial charge in [-0.25, -0.2) is 48.9 Å². The van der Waals surface area contributed by atoms with Crippen LogP contribution in [0.25, 0.3) is 89.5 Å². The van der Waals surface area contributed by atoms with Crippen LogP contribution in [0.4, 0.5) is 43.9 Å². The molecule has 3 N–H and O–H groups in total. The Morgan fingerprint density at radius 1 is 0.439 bits per heavy atom. The van der Waals surface area contributed by atoms with Crippen molar-refractivity contribution in [1.29, 1.82) is 0 Å². The molecule has 0 atom stereocenters. The molecule has 0 unspecified atom stereocenters. The van der Waals surface area contributed by atoms with Gasteiger partial charge in [0.25, 0.3) is 0 Å². The quantitative estimate of drug-likeness (QED) is 0.0944. The molecule has 6 heterocycles. The van der Waals surface area contributed by atoms with E-state index in [0.29, 0.717) is 22.2 Å². The number of H-pyrrole nitrogens is 3. The van der Waals surface area contributed by atoms with Crippen LogP contribution in [0.2, 0.25) is 0 Å². The number of ether oxygens (including phenoxy) is 1. The summed E-state index contributed by atoms with van der Waals surface area (Å²) in [4.78, 5) is 17.8. The molecule has 284 valence electrons. The Balaban J connectivity index is 1.52. The number of para-hydroxylation sites is 1. The third-order valence-electron chi connectivity index (χ3n) is 9.72. The van der Waals surface area contributed by atoms with E-state index in [9.17, 15) is 26.3 Å². The van der Waals surface area contributed by atoms with E-state index in [1.54, 1.807) is 24.3 Å². The summed E-state index contributed by atoms with van der Waals surface area (Å²) < 4.78 is 156. The van der Waals surface area contributed by atoms with Crippen LogP contribution in [0, 0.1) is 58.2 Å². The van der Waals surface area contributed by atoms with E-state index >= 15 is 17.6 Å². The van der Waals surface area contributed by atoms with Crippen LogP contribution in [0.5, 0.6) is 5.75 Å². The van der Waals surface area contributed by atoms with Gasteiger partial charge in [0.05, 0.1) is 35.1 Å². The van der Waals surface area contributed by atoms with Gasteiger partial charge in [0, 0.05) is 55.9 Å². The number of benzene rings is 3. The minimum absolute atomic E-state index is 0.00710. The lowest BCUT2D eigenvalue weighted by atomic mass is 10.0. The lowest BCUT2D eigenvalue weighted by molar-refractivity contribution is 0.381. The molecule has 0 amide bonds.